The molecule has 0 saturated heterocycles. The van der Waals surface area contributed by atoms with Crippen molar-refractivity contribution < 1.29 is 19.1 Å². The fraction of sp³-hybridized carbons (Fsp3) is 0.353. The number of nitrogens with zero attached hydrogens (tertiary/aromatic N) is 3. The van der Waals surface area contributed by atoms with Crippen molar-refractivity contribution in [3.63, 3.8) is 0 Å². The maximum Gasteiger partial charge on any atom is 0.261 e. The summed E-state index contributed by atoms with van der Waals surface area (Å²) in [6.07, 6.45) is 1.56. The van der Waals surface area contributed by atoms with Gasteiger partial charge in [0.05, 0.1) is 25.9 Å². The Morgan fingerprint density at radius 2 is 2.04 bits per heavy atom. The van der Waals surface area contributed by atoms with E-state index in [1.165, 1.54) is 16.7 Å². The van der Waals surface area contributed by atoms with Crippen LogP contribution in [-0.2, 0) is 11.8 Å². The zero-order chi connectivity index (χ0) is 18.4. The smallest absolute Gasteiger partial charge is 0.261 e. The number of hydrogen-bond acceptors (Lipinski definition) is 5. The van der Waals surface area contributed by atoms with Gasteiger partial charge in [0.25, 0.3) is 5.91 Å². The molecule has 0 unspecified atom stereocenters. The Bertz CT molecular complexity index is 757. The van der Waals surface area contributed by atoms with Gasteiger partial charge >= 0.3 is 0 Å². The molecule has 0 saturated carbocycles. The van der Waals surface area contributed by atoms with E-state index in [1.807, 2.05) is 13.0 Å². The topological polar surface area (TPSA) is 85.7 Å². The zero-order valence-electron chi connectivity index (χ0n) is 14.8. The van der Waals surface area contributed by atoms with Crippen molar-refractivity contribution in [2.75, 3.05) is 32.6 Å². The van der Waals surface area contributed by atoms with E-state index in [0.29, 0.717) is 23.6 Å². The van der Waals surface area contributed by atoms with Gasteiger partial charge in [0, 0.05) is 20.3 Å². The van der Waals surface area contributed by atoms with Gasteiger partial charge in [-0.05, 0) is 19.1 Å². The molecule has 2 rings (SSSR count). The Hall–Kier alpha value is -3.03. The van der Waals surface area contributed by atoms with Crippen LogP contribution in [0.4, 0.5) is 5.69 Å². The number of para-hydroxylation sites is 2. The minimum atomic E-state index is -0.349. The third kappa shape index (κ3) is 4.50. The highest BCUT2D eigenvalue weighted by atomic mass is 16.5. The minimum absolute atomic E-state index is 0.114. The fourth-order valence-corrected chi connectivity index (χ4v) is 2.30. The lowest BCUT2D eigenvalue weighted by atomic mass is 10.2. The van der Waals surface area contributed by atoms with Crippen molar-refractivity contribution in [3.8, 4) is 11.6 Å². The highest BCUT2D eigenvalue weighted by molar-refractivity contribution is 6.00. The normalized spacial score (nSPS) is 10.2. The molecule has 2 aromatic rings. The van der Waals surface area contributed by atoms with E-state index in [0.717, 1.165) is 0 Å². The van der Waals surface area contributed by atoms with Gasteiger partial charge in [-0.3, -0.25) is 14.3 Å². The fourth-order valence-electron chi connectivity index (χ4n) is 2.30. The first-order valence-electron chi connectivity index (χ1n) is 7.81. The van der Waals surface area contributed by atoms with Crippen molar-refractivity contribution in [1.82, 2.24) is 14.7 Å². The number of amides is 2. The molecular formula is C17H22N4O4. The molecule has 1 heterocycles. The van der Waals surface area contributed by atoms with Crippen molar-refractivity contribution in [1.29, 1.82) is 0 Å². The van der Waals surface area contributed by atoms with Gasteiger partial charge in [-0.15, -0.1) is 5.10 Å². The van der Waals surface area contributed by atoms with E-state index >= 15 is 0 Å². The van der Waals surface area contributed by atoms with Crippen molar-refractivity contribution in [2.24, 2.45) is 7.05 Å². The van der Waals surface area contributed by atoms with Crippen molar-refractivity contribution in [3.05, 3.63) is 36.0 Å². The Balaban J connectivity index is 2.04. The van der Waals surface area contributed by atoms with Gasteiger partial charge < -0.3 is 19.7 Å². The number of rotatable bonds is 7. The number of ether oxygens (including phenoxy) is 2. The standard InChI is InChI=1S/C17H22N4O4/c1-5-25-14-9-7-6-8-13(14)18-15(22)11-20(2)17(23)12-10-21(3)19-16(12)24-4/h6-10H,5,11H2,1-4H3,(H,18,22). The molecule has 0 atom stereocenters. The van der Waals surface area contributed by atoms with E-state index in [1.54, 1.807) is 38.5 Å². The number of aromatic nitrogens is 2. The van der Waals surface area contributed by atoms with Crippen molar-refractivity contribution in [2.45, 2.75) is 6.92 Å². The number of hydrogen-bond donors (Lipinski definition) is 1. The number of benzene rings is 1. The van der Waals surface area contributed by atoms with Crippen LogP contribution in [0.1, 0.15) is 17.3 Å². The summed E-state index contributed by atoms with van der Waals surface area (Å²) in [5, 5.41) is 6.80. The molecule has 0 radical (unpaired) electrons. The predicted molar refractivity (Wildman–Crippen MR) is 93.0 cm³/mol. The van der Waals surface area contributed by atoms with Crippen LogP contribution in [-0.4, -0.2) is 53.8 Å². The first-order valence-corrected chi connectivity index (χ1v) is 7.81. The molecule has 134 valence electrons. The molecular weight excluding hydrogens is 324 g/mol. The van der Waals surface area contributed by atoms with E-state index < -0.39 is 0 Å². The van der Waals surface area contributed by atoms with Crippen LogP contribution in [0, 0.1) is 0 Å². The van der Waals surface area contributed by atoms with Crippen LogP contribution in [0.3, 0.4) is 0 Å². The monoisotopic (exact) mass is 346 g/mol. The summed E-state index contributed by atoms with van der Waals surface area (Å²) >= 11 is 0. The summed E-state index contributed by atoms with van der Waals surface area (Å²) in [4.78, 5) is 26.0. The molecule has 2 amide bonds. The Morgan fingerprint density at radius 3 is 2.72 bits per heavy atom. The van der Waals surface area contributed by atoms with Crippen LogP contribution >= 0.6 is 0 Å². The third-order valence-corrected chi connectivity index (χ3v) is 3.41. The lowest BCUT2D eigenvalue weighted by Crippen LogP contribution is -2.35. The summed E-state index contributed by atoms with van der Waals surface area (Å²) in [7, 11) is 4.68. The molecule has 1 aromatic carbocycles. The third-order valence-electron chi connectivity index (χ3n) is 3.41. The molecule has 1 N–H and O–H groups in total. The van der Waals surface area contributed by atoms with Crippen LogP contribution in [0.5, 0.6) is 11.6 Å². The first kappa shape index (κ1) is 18.3. The summed E-state index contributed by atoms with van der Waals surface area (Å²) < 4.78 is 12.0. The first-order chi connectivity index (χ1) is 12.0. The Kier molecular flexibility index (Phi) is 5.99. The number of likely N-dealkylation sites (N-methyl/N-ethyl adjacent to an activating group) is 1. The molecule has 0 aliphatic rings. The lowest BCUT2D eigenvalue weighted by Gasteiger charge is -2.17. The minimum Gasteiger partial charge on any atom is -0.492 e. The highest BCUT2D eigenvalue weighted by Crippen LogP contribution is 2.23. The molecule has 1 aromatic heterocycles. The van der Waals surface area contributed by atoms with Gasteiger partial charge in [-0.1, -0.05) is 12.1 Å². The average Bonchev–Trinajstić information content (AvgIpc) is 2.97. The lowest BCUT2D eigenvalue weighted by molar-refractivity contribution is -0.116. The van der Waals surface area contributed by atoms with Crippen LogP contribution in [0.25, 0.3) is 0 Å². The Labute approximate surface area is 146 Å². The maximum absolute atomic E-state index is 12.5. The second kappa shape index (κ2) is 8.18. The van der Waals surface area contributed by atoms with Gasteiger partial charge in [0.1, 0.15) is 11.3 Å². The van der Waals surface area contributed by atoms with Gasteiger partial charge in [0.2, 0.25) is 11.8 Å². The van der Waals surface area contributed by atoms with Crippen LogP contribution < -0.4 is 14.8 Å². The highest BCUT2D eigenvalue weighted by Gasteiger charge is 2.22. The summed E-state index contributed by atoms with van der Waals surface area (Å²) in [5.74, 6) is 0.131. The largest absolute Gasteiger partial charge is 0.492 e. The van der Waals surface area contributed by atoms with Crippen molar-refractivity contribution >= 4 is 17.5 Å². The molecule has 0 spiro atoms. The number of nitrogens with one attached hydrogen (secondary N) is 1. The molecule has 0 aliphatic carbocycles. The SMILES string of the molecule is CCOc1ccccc1NC(=O)CN(C)C(=O)c1cn(C)nc1OC. The van der Waals surface area contributed by atoms with E-state index in [9.17, 15) is 9.59 Å². The number of aryl methyl sites for hydroxylation is 1. The number of carbonyl (C=O) groups excluding carboxylic acids is 2. The zero-order valence-corrected chi connectivity index (χ0v) is 14.8. The second-order valence-corrected chi connectivity index (χ2v) is 5.36. The van der Waals surface area contributed by atoms with Gasteiger partial charge in [0.15, 0.2) is 0 Å². The maximum atomic E-state index is 12.5. The summed E-state index contributed by atoms with van der Waals surface area (Å²) in [6, 6.07) is 7.14. The second-order valence-electron chi connectivity index (χ2n) is 5.36. The molecule has 25 heavy (non-hydrogen) atoms. The van der Waals surface area contributed by atoms with Gasteiger partial charge in [-0.25, -0.2) is 0 Å². The number of anilines is 1. The quantitative estimate of drug-likeness (QED) is 0.822. The summed E-state index contributed by atoms with van der Waals surface area (Å²) in [6.45, 7) is 2.25. The molecule has 8 nitrogen and oxygen atoms in total. The molecule has 0 aliphatic heterocycles. The molecule has 0 fully saturated rings. The average molecular weight is 346 g/mol. The summed E-state index contributed by atoms with van der Waals surface area (Å²) in [5.41, 5.74) is 0.865. The number of carbonyl (C=O) groups is 2. The van der Waals surface area contributed by atoms with Crippen LogP contribution in [0.2, 0.25) is 0 Å². The van der Waals surface area contributed by atoms with Crippen LogP contribution in [0.15, 0.2) is 30.5 Å². The van der Waals surface area contributed by atoms with E-state index in [4.69, 9.17) is 9.47 Å². The van der Waals surface area contributed by atoms with E-state index in [-0.39, 0.29) is 24.2 Å². The Morgan fingerprint density at radius 1 is 1.32 bits per heavy atom. The molecule has 8 heteroatoms. The predicted octanol–water partition coefficient (Wildman–Crippen LogP) is 1.54. The molecule has 0 bridgehead atoms. The number of methoxy groups -OCH3 is 1. The van der Waals surface area contributed by atoms with Gasteiger partial charge in [-0.2, -0.15) is 0 Å². The van der Waals surface area contributed by atoms with E-state index in [2.05, 4.69) is 10.4 Å².